The molecule has 0 saturated carbocycles. The minimum atomic E-state index is -0.224. The second kappa shape index (κ2) is 6.53. The molecule has 0 unspecified atom stereocenters. The molecule has 6 heteroatoms. The van der Waals surface area contributed by atoms with Crippen LogP contribution in [0.5, 0.6) is 5.75 Å². The lowest BCUT2D eigenvalue weighted by molar-refractivity contribution is -0.118. The summed E-state index contributed by atoms with van der Waals surface area (Å²) < 4.78 is 5.33. The zero-order chi connectivity index (χ0) is 15.2. The van der Waals surface area contributed by atoms with Crippen LogP contribution in [0.25, 0.3) is 11.3 Å². The number of pyridine rings is 1. The standard InChI is InChI=1S/C16H14N4O2/c21-16(11-22-14-2-1-8-17-10-14)19-13-5-3-12(4-6-13)15-7-9-18-20-15/h1-10H,11H2,(H,18,20)(H,19,21). The van der Waals surface area contributed by atoms with Crippen LogP contribution in [0.4, 0.5) is 5.69 Å². The summed E-state index contributed by atoms with van der Waals surface area (Å²) in [4.78, 5) is 15.7. The zero-order valence-corrected chi connectivity index (χ0v) is 11.7. The number of H-pyrrole nitrogens is 1. The summed E-state index contributed by atoms with van der Waals surface area (Å²) in [6.45, 7) is -0.0615. The van der Waals surface area contributed by atoms with Crippen LogP contribution >= 0.6 is 0 Å². The first kappa shape index (κ1) is 13.8. The summed E-state index contributed by atoms with van der Waals surface area (Å²) in [6, 6.07) is 12.9. The van der Waals surface area contributed by atoms with E-state index in [2.05, 4.69) is 20.5 Å². The van der Waals surface area contributed by atoms with E-state index in [1.165, 1.54) is 0 Å². The lowest BCUT2D eigenvalue weighted by Crippen LogP contribution is -2.20. The van der Waals surface area contributed by atoms with E-state index in [0.29, 0.717) is 11.4 Å². The molecular weight excluding hydrogens is 280 g/mol. The largest absolute Gasteiger partial charge is 0.482 e. The molecule has 2 heterocycles. The summed E-state index contributed by atoms with van der Waals surface area (Å²) in [5, 5.41) is 9.57. The first-order chi connectivity index (χ1) is 10.8. The predicted molar refractivity (Wildman–Crippen MR) is 82.4 cm³/mol. The fraction of sp³-hybridized carbons (Fsp3) is 0.0625. The van der Waals surface area contributed by atoms with E-state index in [-0.39, 0.29) is 12.5 Å². The number of benzene rings is 1. The molecule has 0 atom stereocenters. The molecule has 0 aliphatic carbocycles. The number of carbonyl (C=O) groups is 1. The Balaban J connectivity index is 1.55. The van der Waals surface area contributed by atoms with Gasteiger partial charge < -0.3 is 10.1 Å². The third-order valence-electron chi connectivity index (χ3n) is 2.98. The van der Waals surface area contributed by atoms with Crippen LogP contribution in [0, 0.1) is 0 Å². The van der Waals surface area contributed by atoms with Gasteiger partial charge >= 0.3 is 0 Å². The Bertz CT molecular complexity index is 725. The average molecular weight is 294 g/mol. The maximum Gasteiger partial charge on any atom is 0.262 e. The van der Waals surface area contributed by atoms with Gasteiger partial charge in [0.15, 0.2) is 6.61 Å². The highest BCUT2D eigenvalue weighted by atomic mass is 16.5. The monoisotopic (exact) mass is 294 g/mol. The molecule has 1 amide bonds. The summed E-state index contributed by atoms with van der Waals surface area (Å²) in [6.07, 6.45) is 4.90. The van der Waals surface area contributed by atoms with Crippen molar-refractivity contribution in [3.63, 3.8) is 0 Å². The van der Waals surface area contributed by atoms with E-state index in [4.69, 9.17) is 4.74 Å². The molecule has 0 saturated heterocycles. The third kappa shape index (κ3) is 3.49. The fourth-order valence-electron chi connectivity index (χ4n) is 1.93. The number of nitrogens with one attached hydrogen (secondary N) is 2. The molecule has 6 nitrogen and oxygen atoms in total. The van der Waals surface area contributed by atoms with Crippen LogP contribution in [0.3, 0.4) is 0 Å². The second-order valence-corrected chi connectivity index (χ2v) is 4.57. The normalized spacial score (nSPS) is 10.2. The summed E-state index contributed by atoms with van der Waals surface area (Å²) >= 11 is 0. The Morgan fingerprint density at radius 3 is 2.68 bits per heavy atom. The number of aromatic nitrogens is 3. The van der Waals surface area contributed by atoms with Crippen LogP contribution < -0.4 is 10.1 Å². The van der Waals surface area contributed by atoms with Gasteiger partial charge in [0.2, 0.25) is 0 Å². The first-order valence-corrected chi connectivity index (χ1v) is 6.74. The molecular formula is C16H14N4O2. The van der Waals surface area contributed by atoms with Crippen molar-refractivity contribution in [1.82, 2.24) is 15.2 Å². The average Bonchev–Trinajstić information content (AvgIpc) is 3.09. The summed E-state index contributed by atoms with van der Waals surface area (Å²) in [5.41, 5.74) is 2.64. The van der Waals surface area contributed by atoms with Crippen molar-refractivity contribution in [2.45, 2.75) is 0 Å². The number of rotatable bonds is 5. The Hall–Kier alpha value is -3.15. The van der Waals surface area contributed by atoms with E-state index in [0.717, 1.165) is 11.3 Å². The van der Waals surface area contributed by atoms with Gasteiger partial charge in [-0.1, -0.05) is 12.1 Å². The van der Waals surface area contributed by atoms with Crippen molar-refractivity contribution in [1.29, 1.82) is 0 Å². The molecule has 0 aliphatic heterocycles. The molecule has 3 rings (SSSR count). The molecule has 0 aliphatic rings. The van der Waals surface area contributed by atoms with E-state index in [1.54, 1.807) is 30.7 Å². The molecule has 110 valence electrons. The van der Waals surface area contributed by atoms with Gasteiger partial charge in [-0.3, -0.25) is 14.9 Å². The Kier molecular flexibility index (Phi) is 4.10. The van der Waals surface area contributed by atoms with Crippen LogP contribution in [-0.4, -0.2) is 27.7 Å². The van der Waals surface area contributed by atoms with E-state index in [1.807, 2.05) is 30.3 Å². The minimum absolute atomic E-state index is 0.0615. The Morgan fingerprint density at radius 2 is 2.00 bits per heavy atom. The number of ether oxygens (including phenoxy) is 1. The quantitative estimate of drug-likeness (QED) is 0.757. The maximum absolute atomic E-state index is 11.8. The summed E-state index contributed by atoms with van der Waals surface area (Å²) in [5.74, 6) is 0.338. The van der Waals surface area contributed by atoms with Gasteiger partial charge in [0, 0.05) is 18.1 Å². The van der Waals surface area contributed by atoms with E-state index in [9.17, 15) is 4.79 Å². The zero-order valence-electron chi connectivity index (χ0n) is 11.7. The summed E-state index contributed by atoms with van der Waals surface area (Å²) in [7, 11) is 0. The molecule has 2 aromatic heterocycles. The van der Waals surface area contributed by atoms with E-state index >= 15 is 0 Å². The van der Waals surface area contributed by atoms with Crippen LogP contribution in [0.1, 0.15) is 0 Å². The van der Waals surface area contributed by atoms with Gasteiger partial charge in [-0.05, 0) is 35.9 Å². The predicted octanol–water partition coefficient (Wildman–Crippen LogP) is 2.49. The van der Waals surface area contributed by atoms with Crippen LogP contribution in [0.15, 0.2) is 61.1 Å². The van der Waals surface area contributed by atoms with Crippen molar-refractivity contribution in [2.24, 2.45) is 0 Å². The molecule has 0 radical (unpaired) electrons. The maximum atomic E-state index is 11.8. The van der Waals surface area contributed by atoms with Crippen molar-refractivity contribution >= 4 is 11.6 Å². The minimum Gasteiger partial charge on any atom is -0.482 e. The van der Waals surface area contributed by atoms with Gasteiger partial charge in [0.1, 0.15) is 5.75 Å². The molecule has 1 aromatic carbocycles. The number of amides is 1. The van der Waals surface area contributed by atoms with Crippen molar-refractivity contribution in [3.05, 3.63) is 61.1 Å². The number of nitrogens with zero attached hydrogens (tertiary/aromatic N) is 2. The van der Waals surface area contributed by atoms with Crippen molar-refractivity contribution in [2.75, 3.05) is 11.9 Å². The van der Waals surface area contributed by atoms with Crippen LogP contribution in [0.2, 0.25) is 0 Å². The molecule has 3 aromatic rings. The Labute approximate surface area is 127 Å². The van der Waals surface area contributed by atoms with Gasteiger partial charge in [-0.15, -0.1) is 0 Å². The van der Waals surface area contributed by atoms with Gasteiger partial charge in [0.05, 0.1) is 11.9 Å². The SMILES string of the molecule is O=C(COc1cccnc1)Nc1ccc(-c2ccn[nH]2)cc1. The smallest absolute Gasteiger partial charge is 0.262 e. The molecule has 2 N–H and O–H groups in total. The molecule has 0 spiro atoms. The van der Waals surface area contributed by atoms with Crippen LogP contribution in [-0.2, 0) is 4.79 Å². The highest BCUT2D eigenvalue weighted by molar-refractivity contribution is 5.92. The third-order valence-corrected chi connectivity index (χ3v) is 2.98. The highest BCUT2D eigenvalue weighted by Crippen LogP contribution is 2.18. The lowest BCUT2D eigenvalue weighted by atomic mass is 10.1. The Morgan fingerprint density at radius 1 is 1.14 bits per heavy atom. The lowest BCUT2D eigenvalue weighted by Gasteiger charge is -2.07. The van der Waals surface area contributed by atoms with E-state index < -0.39 is 0 Å². The second-order valence-electron chi connectivity index (χ2n) is 4.57. The topological polar surface area (TPSA) is 79.9 Å². The first-order valence-electron chi connectivity index (χ1n) is 6.74. The van der Waals surface area contributed by atoms with Gasteiger partial charge in [0.25, 0.3) is 5.91 Å². The van der Waals surface area contributed by atoms with Crippen molar-refractivity contribution in [3.8, 4) is 17.0 Å². The number of carbonyl (C=O) groups excluding carboxylic acids is 1. The molecule has 0 bridgehead atoms. The number of hydrogen-bond donors (Lipinski definition) is 2. The number of aromatic amines is 1. The van der Waals surface area contributed by atoms with Gasteiger partial charge in [-0.2, -0.15) is 5.10 Å². The fourth-order valence-corrected chi connectivity index (χ4v) is 1.93. The van der Waals surface area contributed by atoms with Crippen molar-refractivity contribution < 1.29 is 9.53 Å². The number of anilines is 1. The molecule has 0 fully saturated rings. The highest BCUT2D eigenvalue weighted by Gasteiger charge is 2.04. The van der Waals surface area contributed by atoms with Gasteiger partial charge in [-0.25, -0.2) is 0 Å². The number of hydrogen-bond acceptors (Lipinski definition) is 4. The molecule has 22 heavy (non-hydrogen) atoms.